The summed E-state index contributed by atoms with van der Waals surface area (Å²) in [5.74, 6) is -0.0387. The summed E-state index contributed by atoms with van der Waals surface area (Å²) < 4.78 is 1.74. The molecule has 0 saturated carbocycles. The molecule has 6 nitrogen and oxygen atoms in total. The van der Waals surface area contributed by atoms with Crippen LogP contribution in [0, 0.1) is 6.92 Å². The van der Waals surface area contributed by atoms with Crippen molar-refractivity contribution in [1.82, 2.24) is 9.78 Å². The fourth-order valence-corrected chi connectivity index (χ4v) is 3.20. The lowest BCUT2D eigenvalue weighted by Crippen LogP contribution is -2.23. The van der Waals surface area contributed by atoms with Crippen molar-refractivity contribution in [3.05, 3.63) is 72.1 Å². The lowest BCUT2D eigenvalue weighted by Gasteiger charge is -2.16. The SMILES string of the molecule is Cc1ccn(-c2cccc(C(=O)Nc3ccc(N4CCCC4=O)cc3)c2)n1. The van der Waals surface area contributed by atoms with Gasteiger partial charge in [-0.1, -0.05) is 6.07 Å². The Bertz CT molecular complexity index is 991. The van der Waals surface area contributed by atoms with Crippen LogP contribution in [0.2, 0.25) is 0 Å². The number of benzene rings is 2. The summed E-state index contributed by atoms with van der Waals surface area (Å²) in [5, 5.41) is 7.27. The molecule has 1 aromatic heterocycles. The van der Waals surface area contributed by atoms with Gasteiger partial charge in [0.1, 0.15) is 0 Å². The molecule has 0 radical (unpaired) electrons. The molecule has 1 saturated heterocycles. The van der Waals surface area contributed by atoms with Crippen LogP contribution >= 0.6 is 0 Å². The van der Waals surface area contributed by atoms with Gasteiger partial charge < -0.3 is 10.2 Å². The molecular weight excluding hydrogens is 340 g/mol. The van der Waals surface area contributed by atoms with E-state index in [4.69, 9.17) is 0 Å². The largest absolute Gasteiger partial charge is 0.322 e. The summed E-state index contributed by atoms with van der Waals surface area (Å²) >= 11 is 0. The van der Waals surface area contributed by atoms with Crippen molar-refractivity contribution in [3.8, 4) is 5.69 Å². The smallest absolute Gasteiger partial charge is 0.255 e. The summed E-state index contributed by atoms with van der Waals surface area (Å²) in [6.45, 7) is 2.68. The zero-order valence-electron chi connectivity index (χ0n) is 15.1. The molecule has 0 atom stereocenters. The van der Waals surface area contributed by atoms with Crippen LogP contribution in [0.3, 0.4) is 0 Å². The molecule has 1 N–H and O–H groups in total. The molecule has 1 fully saturated rings. The highest BCUT2D eigenvalue weighted by Gasteiger charge is 2.21. The maximum absolute atomic E-state index is 12.6. The minimum Gasteiger partial charge on any atom is -0.322 e. The molecule has 2 aromatic carbocycles. The third-order valence-electron chi connectivity index (χ3n) is 4.61. The van der Waals surface area contributed by atoms with Crippen molar-refractivity contribution in [2.45, 2.75) is 19.8 Å². The zero-order chi connectivity index (χ0) is 18.8. The van der Waals surface area contributed by atoms with E-state index in [2.05, 4.69) is 10.4 Å². The first-order valence-electron chi connectivity index (χ1n) is 8.95. The number of aryl methyl sites for hydroxylation is 1. The first-order valence-corrected chi connectivity index (χ1v) is 8.95. The van der Waals surface area contributed by atoms with Crippen molar-refractivity contribution in [2.24, 2.45) is 0 Å². The Hall–Kier alpha value is -3.41. The summed E-state index contributed by atoms with van der Waals surface area (Å²) in [6.07, 6.45) is 3.36. The highest BCUT2D eigenvalue weighted by Crippen LogP contribution is 2.23. The maximum atomic E-state index is 12.6. The minimum atomic E-state index is -0.189. The van der Waals surface area contributed by atoms with Crippen LogP contribution in [0.25, 0.3) is 5.69 Å². The molecule has 4 rings (SSSR count). The molecule has 0 aliphatic carbocycles. The molecule has 0 spiro atoms. The third kappa shape index (κ3) is 3.60. The van der Waals surface area contributed by atoms with Gasteiger partial charge in [-0.15, -0.1) is 0 Å². The first kappa shape index (κ1) is 17.0. The Kier molecular flexibility index (Phi) is 4.46. The molecule has 6 heteroatoms. The van der Waals surface area contributed by atoms with E-state index in [1.54, 1.807) is 21.7 Å². The number of nitrogens with zero attached hydrogens (tertiary/aromatic N) is 3. The summed E-state index contributed by atoms with van der Waals surface area (Å²) in [6, 6.07) is 16.6. The highest BCUT2D eigenvalue weighted by molar-refractivity contribution is 6.04. The van der Waals surface area contributed by atoms with Crippen LogP contribution in [-0.4, -0.2) is 28.1 Å². The first-order chi connectivity index (χ1) is 13.1. The maximum Gasteiger partial charge on any atom is 0.255 e. The number of aromatic nitrogens is 2. The van der Waals surface area contributed by atoms with Gasteiger partial charge in [-0.25, -0.2) is 4.68 Å². The van der Waals surface area contributed by atoms with Crippen LogP contribution in [-0.2, 0) is 4.79 Å². The topological polar surface area (TPSA) is 67.2 Å². The van der Waals surface area contributed by atoms with Crippen molar-refractivity contribution in [1.29, 1.82) is 0 Å². The summed E-state index contributed by atoms with van der Waals surface area (Å²) in [4.78, 5) is 26.2. The molecule has 2 heterocycles. The van der Waals surface area contributed by atoms with E-state index < -0.39 is 0 Å². The molecule has 0 bridgehead atoms. The van der Waals surface area contributed by atoms with E-state index in [1.807, 2.05) is 55.6 Å². The third-order valence-corrected chi connectivity index (χ3v) is 4.61. The average molecular weight is 360 g/mol. The van der Waals surface area contributed by atoms with Crippen molar-refractivity contribution in [2.75, 3.05) is 16.8 Å². The van der Waals surface area contributed by atoms with E-state index in [0.29, 0.717) is 17.7 Å². The predicted molar refractivity (Wildman–Crippen MR) is 104 cm³/mol. The van der Waals surface area contributed by atoms with Gasteiger partial charge in [0.25, 0.3) is 5.91 Å². The van der Waals surface area contributed by atoms with Crippen LogP contribution in [0.1, 0.15) is 28.9 Å². The molecule has 27 heavy (non-hydrogen) atoms. The van der Waals surface area contributed by atoms with Gasteiger partial charge in [-0.05, 0) is 61.9 Å². The number of rotatable bonds is 4. The van der Waals surface area contributed by atoms with Gasteiger partial charge >= 0.3 is 0 Å². The van der Waals surface area contributed by atoms with Crippen LogP contribution in [0.5, 0.6) is 0 Å². The van der Waals surface area contributed by atoms with Gasteiger partial charge in [-0.3, -0.25) is 9.59 Å². The van der Waals surface area contributed by atoms with Crippen LogP contribution in [0.4, 0.5) is 11.4 Å². The van der Waals surface area contributed by atoms with Crippen molar-refractivity contribution in [3.63, 3.8) is 0 Å². The van der Waals surface area contributed by atoms with Gasteiger partial charge in [0.2, 0.25) is 5.91 Å². The van der Waals surface area contributed by atoms with Gasteiger partial charge in [0.15, 0.2) is 0 Å². The minimum absolute atomic E-state index is 0.150. The molecule has 136 valence electrons. The summed E-state index contributed by atoms with van der Waals surface area (Å²) in [7, 11) is 0. The van der Waals surface area contributed by atoms with Crippen molar-refractivity contribution >= 4 is 23.2 Å². The number of amides is 2. The molecular formula is C21H20N4O2. The standard InChI is InChI=1S/C21H20N4O2/c1-15-11-13-25(23-15)19-5-2-4-16(14-19)21(27)22-17-7-9-18(10-8-17)24-12-3-6-20(24)26/h2,4-5,7-11,13-14H,3,6,12H2,1H3,(H,22,27). The van der Waals surface area contributed by atoms with Gasteiger partial charge in [0.05, 0.1) is 11.4 Å². The predicted octanol–water partition coefficient (Wildman–Crippen LogP) is 3.56. The normalized spacial score (nSPS) is 13.8. The Balaban J connectivity index is 1.48. The number of carbonyl (C=O) groups is 2. The van der Waals surface area contributed by atoms with Gasteiger partial charge in [0, 0.05) is 36.1 Å². The second-order valence-corrected chi connectivity index (χ2v) is 6.60. The zero-order valence-corrected chi connectivity index (χ0v) is 15.1. The van der Waals surface area contributed by atoms with Crippen LogP contribution < -0.4 is 10.2 Å². The summed E-state index contributed by atoms with van der Waals surface area (Å²) in [5.41, 5.74) is 3.86. The molecule has 3 aromatic rings. The van der Waals surface area contributed by atoms with E-state index in [1.165, 1.54) is 0 Å². The monoisotopic (exact) mass is 360 g/mol. The lowest BCUT2D eigenvalue weighted by molar-refractivity contribution is -0.117. The van der Waals surface area contributed by atoms with E-state index in [9.17, 15) is 9.59 Å². The van der Waals surface area contributed by atoms with E-state index in [-0.39, 0.29) is 11.8 Å². The average Bonchev–Trinajstić information content (AvgIpc) is 3.31. The molecule has 0 unspecified atom stereocenters. The number of carbonyl (C=O) groups excluding carboxylic acids is 2. The molecule has 2 amide bonds. The fourth-order valence-electron chi connectivity index (χ4n) is 3.20. The van der Waals surface area contributed by atoms with E-state index >= 15 is 0 Å². The Morgan fingerprint density at radius 1 is 1.07 bits per heavy atom. The highest BCUT2D eigenvalue weighted by atomic mass is 16.2. The number of hydrogen-bond donors (Lipinski definition) is 1. The number of hydrogen-bond acceptors (Lipinski definition) is 3. The Morgan fingerprint density at radius 2 is 1.89 bits per heavy atom. The molecule has 1 aliphatic rings. The van der Waals surface area contributed by atoms with Crippen LogP contribution in [0.15, 0.2) is 60.8 Å². The number of nitrogens with one attached hydrogen (secondary N) is 1. The van der Waals surface area contributed by atoms with E-state index in [0.717, 1.165) is 30.0 Å². The fraction of sp³-hybridized carbons (Fsp3) is 0.190. The molecule has 1 aliphatic heterocycles. The van der Waals surface area contributed by atoms with Crippen molar-refractivity contribution < 1.29 is 9.59 Å². The Morgan fingerprint density at radius 3 is 2.56 bits per heavy atom. The number of anilines is 2. The lowest BCUT2D eigenvalue weighted by atomic mass is 10.2. The second-order valence-electron chi connectivity index (χ2n) is 6.60. The quantitative estimate of drug-likeness (QED) is 0.773. The van der Waals surface area contributed by atoms with Gasteiger partial charge in [-0.2, -0.15) is 5.10 Å². The second kappa shape index (κ2) is 7.07. The Labute approximate surface area is 157 Å².